The van der Waals surface area contributed by atoms with Gasteiger partial charge in [0.15, 0.2) is 0 Å². The van der Waals surface area contributed by atoms with Gasteiger partial charge in [-0.25, -0.2) is 13.1 Å². The van der Waals surface area contributed by atoms with Crippen molar-refractivity contribution >= 4 is 21.6 Å². The molecule has 1 aromatic rings. The van der Waals surface area contributed by atoms with Crippen molar-refractivity contribution in [3.8, 4) is 0 Å². The second-order valence-electron chi connectivity index (χ2n) is 4.74. The van der Waals surface area contributed by atoms with E-state index >= 15 is 0 Å². The first-order valence-electron chi connectivity index (χ1n) is 6.76. The summed E-state index contributed by atoms with van der Waals surface area (Å²) in [5.74, 6) is 0.163. The zero-order valence-corrected chi connectivity index (χ0v) is 13.0. The Hall–Kier alpha value is -1.40. The average molecular weight is 298 g/mol. The number of hydrogen-bond acceptors (Lipinski definition) is 3. The predicted octanol–water partition coefficient (Wildman–Crippen LogP) is 2.36. The second-order valence-corrected chi connectivity index (χ2v) is 6.51. The Balaban J connectivity index is 2.75. The van der Waals surface area contributed by atoms with E-state index in [4.69, 9.17) is 0 Å². The summed E-state index contributed by atoms with van der Waals surface area (Å²) in [6.07, 6.45) is 1.89. The zero-order valence-electron chi connectivity index (χ0n) is 12.1. The molecule has 112 valence electrons. The van der Waals surface area contributed by atoms with Gasteiger partial charge in [-0.1, -0.05) is 26.7 Å². The SMILES string of the molecule is CCC(CC)CNS(=O)(=O)c1ccc(NC(C)=O)cc1. The molecule has 0 heterocycles. The van der Waals surface area contributed by atoms with Crippen LogP contribution >= 0.6 is 0 Å². The van der Waals surface area contributed by atoms with Gasteiger partial charge in [0.25, 0.3) is 0 Å². The number of hydrogen-bond donors (Lipinski definition) is 2. The third kappa shape index (κ3) is 4.94. The lowest BCUT2D eigenvalue weighted by molar-refractivity contribution is -0.114. The molecule has 1 rings (SSSR count). The lowest BCUT2D eigenvalue weighted by atomic mass is 10.0. The first kappa shape index (κ1) is 16.7. The number of nitrogens with one attached hydrogen (secondary N) is 2. The van der Waals surface area contributed by atoms with Crippen LogP contribution in [0.2, 0.25) is 0 Å². The van der Waals surface area contributed by atoms with Gasteiger partial charge >= 0.3 is 0 Å². The highest BCUT2D eigenvalue weighted by Gasteiger charge is 2.15. The lowest BCUT2D eigenvalue weighted by Crippen LogP contribution is -2.29. The van der Waals surface area contributed by atoms with Crippen molar-refractivity contribution < 1.29 is 13.2 Å². The average Bonchev–Trinajstić information content (AvgIpc) is 2.39. The van der Waals surface area contributed by atoms with Crippen molar-refractivity contribution in [2.75, 3.05) is 11.9 Å². The van der Waals surface area contributed by atoms with Crippen molar-refractivity contribution in [2.24, 2.45) is 5.92 Å². The summed E-state index contributed by atoms with van der Waals surface area (Å²) in [6.45, 7) is 5.94. The minimum Gasteiger partial charge on any atom is -0.326 e. The molecule has 20 heavy (non-hydrogen) atoms. The molecule has 0 aliphatic heterocycles. The van der Waals surface area contributed by atoms with Crippen molar-refractivity contribution in [1.29, 1.82) is 0 Å². The fourth-order valence-corrected chi connectivity index (χ4v) is 2.93. The maximum absolute atomic E-state index is 12.1. The summed E-state index contributed by atoms with van der Waals surface area (Å²) < 4.78 is 26.8. The van der Waals surface area contributed by atoms with Crippen LogP contribution in [-0.2, 0) is 14.8 Å². The Morgan fingerprint density at radius 3 is 2.15 bits per heavy atom. The van der Waals surface area contributed by atoms with E-state index in [1.165, 1.54) is 19.1 Å². The van der Waals surface area contributed by atoms with E-state index < -0.39 is 10.0 Å². The molecular weight excluding hydrogens is 276 g/mol. The van der Waals surface area contributed by atoms with Gasteiger partial charge in [0, 0.05) is 19.2 Å². The summed E-state index contributed by atoms with van der Waals surface area (Å²) in [6, 6.07) is 6.13. The lowest BCUT2D eigenvalue weighted by Gasteiger charge is -2.13. The summed E-state index contributed by atoms with van der Waals surface area (Å²) >= 11 is 0. The minimum atomic E-state index is -3.48. The van der Waals surface area contributed by atoms with Gasteiger partial charge in [0.05, 0.1) is 4.90 Å². The van der Waals surface area contributed by atoms with Gasteiger partial charge in [0.2, 0.25) is 15.9 Å². The minimum absolute atomic E-state index is 0.188. The summed E-state index contributed by atoms with van der Waals surface area (Å²) in [7, 11) is -3.48. The Labute approximate surface area is 120 Å². The Kier molecular flexibility index (Phi) is 6.16. The van der Waals surface area contributed by atoms with Crippen molar-refractivity contribution in [3.63, 3.8) is 0 Å². The molecule has 0 saturated carbocycles. The Morgan fingerprint density at radius 2 is 1.70 bits per heavy atom. The maximum Gasteiger partial charge on any atom is 0.240 e. The number of anilines is 1. The molecule has 0 aliphatic rings. The standard InChI is InChI=1S/C14H22N2O3S/c1-4-12(5-2)10-15-20(18,19)14-8-6-13(7-9-14)16-11(3)17/h6-9,12,15H,4-5,10H2,1-3H3,(H,16,17). The highest BCUT2D eigenvalue weighted by Crippen LogP contribution is 2.15. The maximum atomic E-state index is 12.1. The zero-order chi connectivity index (χ0) is 15.2. The largest absolute Gasteiger partial charge is 0.326 e. The van der Waals surface area contributed by atoms with Crippen LogP contribution in [0, 0.1) is 5.92 Å². The number of amides is 1. The molecule has 0 unspecified atom stereocenters. The van der Waals surface area contributed by atoms with Crippen LogP contribution in [0.5, 0.6) is 0 Å². The molecule has 0 spiro atoms. The Bertz CT molecular complexity index is 534. The summed E-state index contributed by atoms with van der Waals surface area (Å²) in [5, 5.41) is 2.60. The van der Waals surface area contributed by atoms with E-state index in [0.29, 0.717) is 18.2 Å². The molecule has 1 amide bonds. The fraction of sp³-hybridized carbons (Fsp3) is 0.500. The topological polar surface area (TPSA) is 75.3 Å². The first-order chi connectivity index (χ1) is 9.39. The number of carbonyl (C=O) groups is 1. The van der Waals surface area contributed by atoms with Crippen LogP contribution < -0.4 is 10.0 Å². The smallest absolute Gasteiger partial charge is 0.240 e. The number of carbonyl (C=O) groups excluding carboxylic acids is 1. The molecule has 0 aromatic heterocycles. The van der Waals surface area contributed by atoms with Gasteiger partial charge in [-0.15, -0.1) is 0 Å². The third-order valence-electron chi connectivity index (χ3n) is 3.20. The van der Waals surface area contributed by atoms with Crippen molar-refractivity contribution in [1.82, 2.24) is 4.72 Å². The Morgan fingerprint density at radius 1 is 1.15 bits per heavy atom. The number of benzene rings is 1. The van der Waals surface area contributed by atoms with Gasteiger partial charge in [-0.2, -0.15) is 0 Å². The van der Waals surface area contributed by atoms with Gasteiger partial charge in [0.1, 0.15) is 0 Å². The fourth-order valence-electron chi connectivity index (χ4n) is 1.81. The van der Waals surface area contributed by atoms with E-state index in [9.17, 15) is 13.2 Å². The van der Waals surface area contributed by atoms with Crippen LogP contribution in [0.1, 0.15) is 33.6 Å². The van der Waals surface area contributed by atoms with E-state index in [-0.39, 0.29) is 10.8 Å². The molecule has 6 heteroatoms. The first-order valence-corrected chi connectivity index (χ1v) is 8.24. The van der Waals surface area contributed by atoms with E-state index in [2.05, 4.69) is 10.0 Å². The van der Waals surface area contributed by atoms with E-state index in [1.54, 1.807) is 12.1 Å². The van der Waals surface area contributed by atoms with Gasteiger partial charge in [-0.3, -0.25) is 4.79 Å². The number of rotatable bonds is 7. The van der Waals surface area contributed by atoms with Crippen molar-refractivity contribution in [3.05, 3.63) is 24.3 Å². The molecule has 0 bridgehead atoms. The van der Waals surface area contributed by atoms with Crippen LogP contribution in [0.25, 0.3) is 0 Å². The summed E-state index contributed by atoms with van der Waals surface area (Å²) in [5.41, 5.74) is 0.580. The molecule has 0 radical (unpaired) electrons. The molecular formula is C14H22N2O3S. The molecule has 2 N–H and O–H groups in total. The van der Waals surface area contributed by atoms with E-state index in [1.807, 2.05) is 13.8 Å². The highest BCUT2D eigenvalue weighted by molar-refractivity contribution is 7.89. The van der Waals surface area contributed by atoms with Crippen LogP contribution in [0.15, 0.2) is 29.2 Å². The van der Waals surface area contributed by atoms with Crippen molar-refractivity contribution in [2.45, 2.75) is 38.5 Å². The quantitative estimate of drug-likeness (QED) is 0.811. The molecule has 0 atom stereocenters. The normalized spacial score (nSPS) is 11.6. The van der Waals surface area contributed by atoms with Crippen LogP contribution in [0.3, 0.4) is 0 Å². The third-order valence-corrected chi connectivity index (χ3v) is 4.64. The monoisotopic (exact) mass is 298 g/mol. The molecule has 0 aliphatic carbocycles. The van der Waals surface area contributed by atoms with Gasteiger partial charge < -0.3 is 5.32 Å². The molecule has 0 saturated heterocycles. The molecule has 1 aromatic carbocycles. The van der Waals surface area contributed by atoms with Crippen LogP contribution in [-0.4, -0.2) is 20.9 Å². The predicted molar refractivity (Wildman–Crippen MR) is 80.0 cm³/mol. The number of sulfonamides is 1. The highest BCUT2D eigenvalue weighted by atomic mass is 32.2. The summed E-state index contributed by atoms with van der Waals surface area (Å²) in [4.78, 5) is 11.1. The van der Waals surface area contributed by atoms with Gasteiger partial charge in [-0.05, 0) is 30.2 Å². The molecule has 0 fully saturated rings. The second kappa shape index (κ2) is 7.40. The molecule has 5 nitrogen and oxygen atoms in total. The van der Waals surface area contributed by atoms with E-state index in [0.717, 1.165) is 12.8 Å². The van der Waals surface area contributed by atoms with Crippen LogP contribution in [0.4, 0.5) is 5.69 Å².